The monoisotopic (exact) mass is 333 g/mol. The summed E-state index contributed by atoms with van der Waals surface area (Å²) in [6.45, 7) is 0. The lowest BCUT2D eigenvalue weighted by Crippen LogP contribution is -1.99. The van der Waals surface area contributed by atoms with Gasteiger partial charge in [0.15, 0.2) is 10.6 Å². The first kappa shape index (κ1) is 12.2. The fraction of sp³-hybridized carbons (Fsp3) is 0. The molecule has 0 saturated heterocycles. The third-order valence-electron chi connectivity index (χ3n) is 2.55. The van der Waals surface area contributed by atoms with Crippen molar-refractivity contribution >= 4 is 28.1 Å². The molecule has 0 aliphatic rings. The molecule has 2 heterocycles. The van der Waals surface area contributed by atoms with Gasteiger partial charge >= 0.3 is 0 Å². The molecule has 0 radical (unpaired) electrons. The zero-order valence-corrected chi connectivity index (χ0v) is 12.0. The van der Waals surface area contributed by atoms with Crippen molar-refractivity contribution in [2.24, 2.45) is 0 Å². The van der Waals surface area contributed by atoms with Crippen LogP contribution in [0.15, 0.2) is 47.3 Å². The smallest absolute Gasteiger partial charge is 0.200 e. The van der Waals surface area contributed by atoms with E-state index < -0.39 is 0 Å². The molecule has 3 aromatic rings. The summed E-state index contributed by atoms with van der Waals surface area (Å²) in [5.41, 5.74) is 1.58. The molecule has 0 fully saturated rings. The maximum absolute atomic E-state index is 5.27. The van der Waals surface area contributed by atoms with Crippen LogP contribution in [0.3, 0.4) is 0 Å². The van der Waals surface area contributed by atoms with E-state index in [1.165, 1.54) is 0 Å². The van der Waals surface area contributed by atoms with Crippen LogP contribution in [0.2, 0.25) is 0 Å². The van der Waals surface area contributed by atoms with E-state index in [1.54, 1.807) is 18.6 Å². The van der Waals surface area contributed by atoms with E-state index in [0.29, 0.717) is 16.3 Å². The number of aromatic nitrogens is 5. The summed E-state index contributed by atoms with van der Waals surface area (Å²) >= 11 is 8.68. The van der Waals surface area contributed by atoms with E-state index in [2.05, 4.69) is 36.1 Å². The molecule has 0 spiro atoms. The van der Waals surface area contributed by atoms with Crippen LogP contribution in [0.4, 0.5) is 0 Å². The van der Waals surface area contributed by atoms with Crippen molar-refractivity contribution in [3.63, 3.8) is 0 Å². The molecule has 0 amide bonds. The lowest BCUT2D eigenvalue weighted by Gasteiger charge is -2.05. The predicted molar refractivity (Wildman–Crippen MR) is 77.5 cm³/mol. The summed E-state index contributed by atoms with van der Waals surface area (Å²) in [5.74, 6) is 0.639. The minimum atomic E-state index is 0.517. The second-order valence-corrected chi connectivity index (χ2v) is 5.06. The fourth-order valence-electron chi connectivity index (χ4n) is 1.71. The van der Waals surface area contributed by atoms with E-state index in [4.69, 9.17) is 12.2 Å². The Labute approximate surface area is 122 Å². The zero-order chi connectivity index (χ0) is 13.2. The Morgan fingerprint density at radius 1 is 1.16 bits per heavy atom. The molecule has 0 unspecified atom stereocenters. The third-order valence-corrected chi connectivity index (χ3v) is 3.35. The minimum absolute atomic E-state index is 0.517. The molecule has 1 aromatic carbocycles. The van der Waals surface area contributed by atoms with Crippen LogP contribution in [0.1, 0.15) is 0 Å². The number of aromatic amines is 1. The Bertz CT molecular complexity index is 748. The van der Waals surface area contributed by atoms with E-state index in [1.807, 2.05) is 28.8 Å². The number of nitrogens with one attached hydrogen (secondary N) is 1. The summed E-state index contributed by atoms with van der Waals surface area (Å²) in [4.78, 5) is 8.29. The van der Waals surface area contributed by atoms with Gasteiger partial charge in [0.05, 0.1) is 11.9 Å². The maximum atomic E-state index is 5.27. The number of nitrogens with zero attached hydrogens (tertiary/aromatic N) is 4. The van der Waals surface area contributed by atoms with Crippen molar-refractivity contribution in [2.75, 3.05) is 0 Å². The molecule has 3 rings (SSSR count). The van der Waals surface area contributed by atoms with Crippen molar-refractivity contribution in [3.05, 3.63) is 52.1 Å². The molecule has 0 aliphatic heterocycles. The highest BCUT2D eigenvalue weighted by atomic mass is 79.9. The van der Waals surface area contributed by atoms with Crippen LogP contribution in [0.5, 0.6) is 0 Å². The number of hydrogen-bond donors (Lipinski definition) is 1. The number of H-pyrrole nitrogens is 1. The first-order valence-electron chi connectivity index (χ1n) is 5.45. The third kappa shape index (κ3) is 2.34. The first-order chi connectivity index (χ1) is 9.25. The second-order valence-electron chi connectivity index (χ2n) is 3.75. The summed E-state index contributed by atoms with van der Waals surface area (Å²) < 4.78 is 3.35. The van der Waals surface area contributed by atoms with Crippen LogP contribution >= 0.6 is 28.1 Å². The summed E-state index contributed by atoms with van der Waals surface area (Å²) in [5, 5.41) is 7.00. The first-order valence-corrected chi connectivity index (χ1v) is 6.65. The van der Waals surface area contributed by atoms with Crippen molar-refractivity contribution < 1.29 is 0 Å². The van der Waals surface area contributed by atoms with E-state index in [-0.39, 0.29) is 0 Å². The van der Waals surface area contributed by atoms with Gasteiger partial charge in [-0.05, 0) is 36.5 Å². The maximum Gasteiger partial charge on any atom is 0.200 e. The summed E-state index contributed by atoms with van der Waals surface area (Å²) in [7, 11) is 0. The largest absolute Gasteiger partial charge is 0.267 e. The lowest BCUT2D eigenvalue weighted by atomic mass is 10.3. The van der Waals surface area contributed by atoms with Gasteiger partial charge in [0.2, 0.25) is 0 Å². The van der Waals surface area contributed by atoms with Gasteiger partial charge in [0.25, 0.3) is 0 Å². The Balaban J connectivity index is 2.19. The van der Waals surface area contributed by atoms with Gasteiger partial charge in [-0.3, -0.25) is 14.6 Å². The highest BCUT2D eigenvalue weighted by Gasteiger charge is 2.11. The van der Waals surface area contributed by atoms with Gasteiger partial charge in [-0.1, -0.05) is 15.9 Å². The lowest BCUT2D eigenvalue weighted by molar-refractivity contribution is 1.02. The van der Waals surface area contributed by atoms with E-state index in [0.717, 1.165) is 10.2 Å². The number of rotatable bonds is 2. The molecule has 2 aromatic heterocycles. The molecular weight excluding hydrogens is 326 g/mol. The number of halogens is 1. The average Bonchev–Trinajstić information content (AvgIpc) is 2.83. The van der Waals surface area contributed by atoms with Gasteiger partial charge in [0, 0.05) is 16.9 Å². The van der Waals surface area contributed by atoms with Gasteiger partial charge in [-0.15, -0.1) is 0 Å². The molecule has 0 aliphatic carbocycles. The van der Waals surface area contributed by atoms with Crippen LogP contribution in [-0.4, -0.2) is 24.7 Å². The molecule has 0 atom stereocenters. The topological polar surface area (TPSA) is 59.4 Å². The molecule has 0 bridgehead atoms. The normalized spacial score (nSPS) is 10.6. The number of benzene rings is 1. The SMILES string of the molecule is S=c1[nH]nc(-c2cnccn2)n1-c1ccc(Br)cc1. The molecular formula is C12H8BrN5S. The van der Waals surface area contributed by atoms with Gasteiger partial charge < -0.3 is 0 Å². The van der Waals surface area contributed by atoms with E-state index >= 15 is 0 Å². The molecule has 0 saturated carbocycles. The zero-order valence-electron chi connectivity index (χ0n) is 9.62. The molecule has 19 heavy (non-hydrogen) atoms. The molecule has 1 N–H and O–H groups in total. The Hall–Kier alpha value is -1.86. The Kier molecular flexibility index (Phi) is 3.22. The second kappa shape index (κ2) is 5.02. The van der Waals surface area contributed by atoms with Crippen molar-refractivity contribution in [1.82, 2.24) is 24.7 Å². The fourth-order valence-corrected chi connectivity index (χ4v) is 2.21. The van der Waals surface area contributed by atoms with Gasteiger partial charge in [-0.25, -0.2) is 4.98 Å². The highest BCUT2D eigenvalue weighted by Crippen LogP contribution is 2.20. The van der Waals surface area contributed by atoms with Crippen molar-refractivity contribution in [2.45, 2.75) is 0 Å². The van der Waals surface area contributed by atoms with Crippen LogP contribution in [-0.2, 0) is 0 Å². The van der Waals surface area contributed by atoms with E-state index in [9.17, 15) is 0 Å². The van der Waals surface area contributed by atoms with Crippen molar-refractivity contribution in [1.29, 1.82) is 0 Å². The Morgan fingerprint density at radius 2 is 1.95 bits per heavy atom. The van der Waals surface area contributed by atoms with Crippen LogP contribution in [0.25, 0.3) is 17.2 Å². The molecule has 5 nitrogen and oxygen atoms in total. The van der Waals surface area contributed by atoms with Gasteiger partial charge in [0.1, 0.15) is 5.69 Å². The highest BCUT2D eigenvalue weighted by molar-refractivity contribution is 9.10. The summed E-state index contributed by atoms with van der Waals surface area (Å²) in [6, 6.07) is 7.81. The Morgan fingerprint density at radius 3 is 2.63 bits per heavy atom. The van der Waals surface area contributed by atoms with Gasteiger partial charge in [-0.2, -0.15) is 5.10 Å². The van der Waals surface area contributed by atoms with Crippen LogP contribution < -0.4 is 0 Å². The predicted octanol–water partition coefficient (Wildman–Crippen LogP) is 3.15. The standard InChI is InChI=1S/C12H8BrN5S/c13-8-1-3-9(4-2-8)18-11(16-17-12(18)19)10-7-14-5-6-15-10/h1-7H,(H,17,19). The minimum Gasteiger partial charge on any atom is -0.267 e. The quantitative estimate of drug-likeness (QED) is 0.732. The number of hydrogen-bond acceptors (Lipinski definition) is 4. The average molecular weight is 334 g/mol. The van der Waals surface area contributed by atoms with Crippen molar-refractivity contribution in [3.8, 4) is 17.2 Å². The molecule has 94 valence electrons. The van der Waals surface area contributed by atoms with Crippen LogP contribution in [0, 0.1) is 4.77 Å². The molecule has 7 heteroatoms. The summed E-state index contributed by atoms with van der Waals surface area (Å²) in [6.07, 6.45) is 4.90.